The molecule has 1 amide bonds. The molecule has 0 radical (unpaired) electrons. The van der Waals surface area contributed by atoms with E-state index >= 15 is 0 Å². The van der Waals surface area contributed by atoms with Crippen molar-refractivity contribution >= 4 is 46.6 Å². The molecule has 0 unspecified atom stereocenters. The van der Waals surface area contributed by atoms with Crippen molar-refractivity contribution in [2.75, 3.05) is 5.32 Å². The molecular formula is C24H15Cl2F4N5O. The minimum Gasteiger partial charge on any atom is -0.325 e. The Bertz CT molecular complexity index is 1400. The van der Waals surface area contributed by atoms with Gasteiger partial charge >= 0.3 is 6.18 Å². The van der Waals surface area contributed by atoms with E-state index in [1.165, 1.54) is 42.5 Å². The molecule has 184 valence electrons. The number of amides is 1. The van der Waals surface area contributed by atoms with Crippen molar-refractivity contribution in [3.05, 3.63) is 106 Å². The van der Waals surface area contributed by atoms with Crippen LogP contribution < -0.4 is 10.6 Å². The molecule has 2 N–H and O–H groups in total. The van der Waals surface area contributed by atoms with Crippen LogP contribution in [-0.4, -0.2) is 21.6 Å². The lowest BCUT2D eigenvalue weighted by Crippen LogP contribution is -2.36. The molecule has 0 bridgehead atoms. The van der Waals surface area contributed by atoms with Crippen LogP contribution in [0.25, 0.3) is 5.69 Å². The molecule has 6 nitrogen and oxygen atoms in total. The van der Waals surface area contributed by atoms with Gasteiger partial charge in [0.1, 0.15) is 5.82 Å². The Morgan fingerprint density at radius 3 is 2.25 bits per heavy atom. The smallest absolute Gasteiger partial charge is 0.325 e. The largest absolute Gasteiger partial charge is 0.435 e. The monoisotopic (exact) mass is 535 g/mol. The maximum absolute atomic E-state index is 13.9. The number of aliphatic imine (C=N–C) groups is 1. The zero-order valence-corrected chi connectivity index (χ0v) is 19.5. The lowest BCUT2D eigenvalue weighted by molar-refractivity contribution is -0.141. The summed E-state index contributed by atoms with van der Waals surface area (Å²) in [5.74, 6) is -1.89. The molecule has 0 saturated heterocycles. The first-order valence-electron chi connectivity index (χ1n) is 10.2. The normalized spacial score (nSPS) is 11.9. The Hall–Kier alpha value is -3.89. The van der Waals surface area contributed by atoms with Gasteiger partial charge in [-0.05, 0) is 54.6 Å². The zero-order valence-electron chi connectivity index (χ0n) is 18.0. The molecule has 0 aliphatic carbocycles. The quantitative estimate of drug-likeness (QED) is 0.170. The van der Waals surface area contributed by atoms with Gasteiger partial charge < -0.3 is 5.32 Å². The molecule has 0 aliphatic rings. The molecule has 0 aliphatic heterocycles. The molecule has 12 heteroatoms. The summed E-state index contributed by atoms with van der Waals surface area (Å²) in [6.45, 7) is 0. The van der Waals surface area contributed by atoms with E-state index in [4.69, 9.17) is 23.2 Å². The molecule has 0 spiro atoms. The number of nitrogens with zero attached hydrogens (tertiary/aromatic N) is 3. The SMILES string of the molecule is O=C(NC(=Nc1cc(C(F)(F)F)nn1-c1ccccc1)Nc1cc(F)cc(Cl)c1)c1ccc(Cl)cc1. The summed E-state index contributed by atoms with van der Waals surface area (Å²) < 4.78 is 55.2. The molecule has 4 rings (SSSR count). The number of benzene rings is 3. The number of hydrogen-bond donors (Lipinski definition) is 2. The third-order valence-corrected chi connectivity index (χ3v) is 5.14. The lowest BCUT2D eigenvalue weighted by Gasteiger charge is -2.13. The average molecular weight is 536 g/mol. The number of carbonyl (C=O) groups excluding carboxylic acids is 1. The van der Waals surface area contributed by atoms with Crippen LogP contribution in [0, 0.1) is 5.82 Å². The lowest BCUT2D eigenvalue weighted by atomic mass is 10.2. The summed E-state index contributed by atoms with van der Waals surface area (Å²) >= 11 is 11.8. The van der Waals surface area contributed by atoms with Crippen LogP contribution in [0.1, 0.15) is 16.1 Å². The van der Waals surface area contributed by atoms with E-state index in [-0.39, 0.29) is 28.1 Å². The summed E-state index contributed by atoms with van der Waals surface area (Å²) in [5.41, 5.74) is -0.609. The van der Waals surface area contributed by atoms with Gasteiger partial charge in [-0.25, -0.2) is 9.07 Å². The molecule has 0 fully saturated rings. The highest BCUT2D eigenvalue weighted by atomic mass is 35.5. The number of nitrogens with one attached hydrogen (secondary N) is 2. The number of anilines is 1. The van der Waals surface area contributed by atoms with Crippen molar-refractivity contribution < 1.29 is 22.4 Å². The maximum Gasteiger partial charge on any atom is 0.435 e. The number of carbonyl (C=O) groups is 1. The fraction of sp³-hybridized carbons (Fsp3) is 0.0417. The third kappa shape index (κ3) is 6.21. The molecule has 4 aromatic rings. The molecule has 0 saturated carbocycles. The Labute approximate surface area is 212 Å². The Balaban J connectivity index is 1.79. The van der Waals surface area contributed by atoms with E-state index in [1.807, 2.05) is 0 Å². The first kappa shape index (κ1) is 25.2. The second-order valence-corrected chi connectivity index (χ2v) is 8.21. The van der Waals surface area contributed by atoms with Crippen LogP contribution in [0.4, 0.5) is 29.1 Å². The topological polar surface area (TPSA) is 71.3 Å². The van der Waals surface area contributed by atoms with E-state index < -0.39 is 23.6 Å². The summed E-state index contributed by atoms with van der Waals surface area (Å²) in [7, 11) is 0. The van der Waals surface area contributed by atoms with E-state index in [1.54, 1.807) is 18.2 Å². The van der Waals surface area contributed by atoms with Crippen LogP contribution >= 0.6 is 23.2 Å². The maximum atomic E-state index is 13.9. The number of rotatable bonds is 4. The molecule has 1 aromatic heterocycles. The highest BCUT2D eigenvalue weighted by molar-refractivity contribution is 6.31. The first-order chi connectivity index (χ1) is 17.1. The molecule has 1 heterocycles. The molecule has 36 heavy (non-hydrogen) atoms. The van der Waals surface area contributed by atoms with E-state index in [0.29, 0.717) is 10.7 Å². The average Bonchev–Trinajstić information content (AvgIpc) is 3.23. The second kappa shape index (κ2) is 10.4. The van der Waals surface area contributed by atoms with Gasteiger partial charge in [-0.15, -0.1) is 0 Å². The van der Waals surface area contributed by atoms with E-state index in [2.05, 4.69) is 20.7 Å². The second-order valence-electron chi connectivity index (χ2n) is 7.34. The fourth-order valence-electron chi connectivity index (χ4n) is 3.09. The third-order valence-electron chi connectivity index (χ3n) is 4.67. The van der Waals surface area contributed by atoms with Crippen molar-refractivity contribution in [2.24, 2.45) is 4.99 Å². The number of alkyl halides is 3. The standard InChI is InChI=1S/C24H15Cl2F4N5O/c25-15-8-6-14(7-9-15)22(36)33-23(31-18-11-16(26)10-17(27)12-18)32-21-13-20(24(28,29)30)34-35(21)19-4-2-1-3-5-19/h1-13H,(H2,31,32,33,36). The van der Waals surface area contributed by atoms with Gasteiger partial charge in [-0.1, -0.05) is 41.4 Å². The van der Waals surface area contributed by atoms with Crippen molar-refractivity contribution in [1.82, 2.24) is 15.1 Å². The highest BCUT2D eigenvalue weighted by Crippen LogP contribution is 2.32. The van der Waals surface area contributed by atoms with Crippen LogP contribution in [0.15, 0.2) is 83.9 Å². The molecule has 0 atom stereocenters. The summed E-state index contributed by atoms with van der Waals surface area (Å²) in [6.07, 6.45) is -4.75. The van der Waals surface area contributed by atoms with Gasteiger partial charge in [0.25, 0.3) is 5.91 Å². The number of halogens is 6. The molecule has 3 aromatic carbocycles. The predicted octanol–water partition coefficient (Wildman–Crippen LogP) is 6.87. The Kier molecular flexibility index (Phi) is 7.27. The summed E-state index contributed by atoms with van der Waals surface area (Å²) in [6, 6.07) is 18.1. The van der Waals surface area contributed by atoms with Gasteiger partial charge in [0.05, 0.1) is 5.69 Å². The van der Waals surface area contributed by atoms with Crippen LogP contribution in [0.3, 0.4) is 0 Å². The zero-order chi connectivity index (χ0) is 25.9. The fourth-order valence-corrected chi connectivity index (χ4v) is 3.44. The minimum absolute atomic E-state index is 0.0505. The van der Waals surface area contributed by atoms with Crippen LogP contribution in [0.2, 0.25) is 10.0 Å². The van der Waals surface area contributed by atoms with Crippen molar-refractivity contribution in [3.63, 3.8) is 0 Å². The van der Waals surface area contributed by atoms with Crippen molar-refractivity contribution in [1.29, 1.82) is 0 Å². The minimum atomic E-state index is -4.75. The van der Waals surface area contributed by atoms with Gasteiger partial charge in [0.2, 0.25) is 5.96 Å². The highest BCUT2D eigenvalue weighted by Gasteiger charge is 2.35. The van der Waals surface area contributed by atoms with Gasteiger partial charge in [-0.3, -0.25) is 10.1 Å². The summed E-state index contributed by atoms with van der Waals surface area (Å²) in [4.78, 5) is 17.0. The van der Waals surface area contributed by atoms with Crippen molar-refractivity contribution in [3.8, 4) is 5.69 Å². The number of guanidine groups is 1. The van der Waals surface area contributed by atoms with Gasteiger partial charge in [0, 0.05) is 27.4 Å². The van der Waals surface area contributed by atoms with Gasteiger partial charge in [0.15, 0.2) is 11.5 Å². The number of hydrogen-bond acceptors (Lipinski definition) is 3. The number of aromatic nitrogens is 2. The Morgan fingerprint density at radius 1 is 0.917 bits per heavy atom. The predicted molar refractivity (Wildman–Crippen MR) is 130 cm³/mol. The van der Waals surface area contributed by atoms with E-state index in [0.717, 1.165) is 22.9 Å². The Morgan fingerprint density at radius 2 is 1.61 bits per heavy atom. The number of para-hydroxylation sites is 1. The first-order valence-corrected chi connectivity index (χ1v) is 11.0. The van der Waals surface area contributed by atoms with Crippen molar-refractivity contribution in [2.45, 2.75) is 6.18 Å². The van der Waals surface area contributed by atoms with Crippen LogP contribution in [0.5, 0.6) is 0 Å². The van der Waals surface area contributed by atoms with Gasteiger partial charge in [-0.2, -0.15) is 23.3 Å². The molecular weight excluding hydrogens is 521 g/mol. The summed E-state index contributed by atoms with van der Waals surface area (Å²) in [5, 5.41) is 9.27. The van der Waals surface area contributed by atoms with Crippen LogP contribution in [-0.2, 0) is 6.18 Å². The van der Waals surface area contributed by atoms with E-state index in [9.17, 15) is 22.4 Å².